The van der Waals surface area contributed by atoms with E-state index in [1.165, 1.54) is 25.7 Å². The molecule has 0 bridgehead atoms. The summed E-state index contributed by atoms with van der Waals surface area (Å²) in [6, 6.07) is 0.262. The Morgan fingerprint density at radius 1 is 0.812 bits per heavy atom. The maximum Gasteiger partial charge on any atom is 0.320 e. The maximum atomic E-state index is 12.1. The molecule has 2 aliphatic heterocycles. The van der Waals surface area contributed by atoms with E-state index in [0.29, 0.717) is 0 Å². The van der Waals surface area contributed by atoms with Gasteiger partial charge >= 0.3 is 6.03 Å². The number of nitrogens with one attached hydrogen (secondary N) is 1. The number of rotatable bonds is 0. The SMILES string of the molecule is Cl.O=C(N1CCCCCC1)N1CCNCC1. The molecule has 2 rings (SSSR count). The number of amides is 2. The normalized spacial score (nSPS) is 22.2. The lowest BCUT2D eigenvalue weighted by atomic mass is 10.2. The molecule has 0 aliphatic carbocycles. The molecule has 4 nitrogen and oxygen atoms in total. The second-order valence-electron chi connectivity index (χ2n) is 4.42. The van der Waals surface area contributed by atoms with Crippen molar-refractivity contribution < 1.29 is 4.79 Å². The van der Waals surface area contributed by atoms with Gasteiger partial charge in [0, 0.05) is 39.3 Å². The van der Waals surface area contributed by atoms with Crippen LogP contribution in [-0.4, -0.2) is 55.1 Å². The van der Waals surface area contributed by atoms with Crippen molar-refractivity contribution in [2.24, 2.45) is 0 Å². The van der Waals surface area contributed by atoms with Crippen molar-refractivity contribution in [1.82, 2.24) is 15.1 Å². The Balaban J connectivity index is 0.00000128. The van der Waals surface area contributed by atoms with Gasteiger partial charge < -0.3 is 15.1 Å². The van der Waals surface area contributed by atoms with E-state index >= 15 is 0 Å². The van der Waals surface area contributed by atoms with Gasteiger partial charge in [-0.1, -0.05) is 12.8 Å². The summed E-state index contributed by atoms with van der Waals surface area (Å²) in [7, 11) is 0. The highest BCUT2D eigenvalue weighted by Crippen LogP contribution is 2.11. The Bertz CT molecular complexity index is 211. The first-order valence-corrected chi connectivity index (χ1v) is 6.12. The zero-order valence-corrected chi connectivity index (χ0v) is 10.6. The Hall–Kier alpha value is -0.480. The molecule has 2 aliphatic rings. The summed E-state index contributed by atoms with van der Waals surface area (Å²) in [5, 5.41) is 3.27. The molecule has 5 heteroatoms. The molecule has 0 aromatic carbocycles. The van der Waals surface area contributed by atoms with Crippen molar-refractivity contribution in [1.29, 1.82) is 0 Å². The molecule has 0 unspecified atom stereocenters. The molecule has 0 aromatic rings. The van der Waals surface area contributed by atoms with E-state index in [2.05, 4.69) is 5.32 Å². The average molecular weight is 248 g/mol. The molecule has 1 N–H and O–H groups in total. The Labute approximate surface area is 104 Å². The van der Waals surface area contributed by atoms with Crippen LogP contribution in [-0.2, 0) is 0 Å². The number of piperazine rings is 1. The highest BCUT2D eigenvalue weighted by atomic mass is 35.5. The average Bonchev–Trinajstić information content (AvgIpc) is 2.58. The first-order chi connectivity index (χ1) is 7.38. The van der Waals surface area contributed by atoms with Gasteiger partial charge in [0.15, 0.2) is 0 Å². The highest BCUT2D eigenvalue weighted by Gasteiger charge is 2.22. The van der Waals surface area contributed by atoms with E-state index in [1.54, 1.807) is 0 Å². The lowest BCUT2D eigenvalue weighted by Gasteiger charge is -2.32. The zero-order valence-electron chi connectivity index (χ0n) is 9.78. The summed E-state index contributed by atoms with van der Waals surface area (Å²) in [4.78, 5) is 16.2. The van der Waals surface area contributed by atoms with Gasteiger partial charge in [-0.25, -0.2) is 4.79 Å². The fourth-order valence-corrected chi connectivity index (χ4v) is 2.32. The quantitative estimate of drug-likeness (QED) is 0.701. The number of likely N-dealkylation sites (tertiary alicyclic amines) is 1. The summed E-state index contributed by atoms with van der Waals surface area (Å²) in [6.07, 6.45) is 4.92. The van der Waals surface area contributed by atoms with Crippen molar-refractivity contribution >= 4 is 18.4 Å². The summed E-state index contributed by atoms with van der Waals surface area (Å²) in [5.41, 5.74) is 0. The predicted octanol–water partition coefficient (Wildman–Crippen LogP) is 1.31. The molecular weight excluding hydrogens is 226 g/mol. The van der Waals surface area contributed by atoms with Crippen molar-refractivity contribution in [2.45, 2.75) is 25.7 Å². The van der Waals surface area contributed by atoms with Gasteiger partial charge in [0.05, 0.1) is 0 Å². The first-order valence-electron chi connectivity index (χ1n) is 6.12. The number of carbonyl (C=O) groups excluding carboxylic acids is 1. The minimum Gasteiger partial charge on any atom is -0.325 e. The van der Waals surface area contributed by atoms with Crippen molar-refractivity contribution in [2.75, 3.05) is 39.3 Å². The van der Waals surface area contributed by atoms with Gasteiger partial charge in [-0.05, 0) is 12.8 Å². The van der Waals surface area contributed by atoms with Crippen molar-refractivity contribution in [3.05, 3.63) is 0 Å². The largest absolute Gasteiger partial charge is 0.325 e. The van der Waals surface area contributed by atoms with Gasteiger partial charge in [0.2, 0.25) is 0 Å². The lowest BCUT2D eigenvalue weighted by Crippen LogP contribution is -2.51. The van der Waals surface area contributed by atoms with Gasteiger partial charge in [-0.2, -0.15) is 0 Å². The lowest BCUT2D eigenvalue weighted by molar-refractivity contribution is 0.148. The smallest absolute Gasteiger partial charge is 0.320 e. The Morgan fingerprint density at radius 2 is 1.31 bits per heavy atom. The number of hydrogen-bond acceptors (Lipinski definition) is 2. The number of carbonyl (C=O) groups is 1. The second kappa shape index (κ2) is 6.97. The summed E-state index contributed by atoms with van der Waals surface area (Å²) in [5.74, 6) is 0. The van der Waals surface area contributed by atoms with Crippen LogP contribution >= 0.6 is 12.4 Å². The Morgan fingerprint density at radius 3 is 1.88 bits per heavy atom. The number of hydrogen-bond donors (Lipinski definition) is 1. The molecule has 2 amide bonds. The summed E-state index contributed by atoms with van der Waals surface area (Å²) in [6.45, 7) is 5.55. The van der Waals surface area contributed by atoms with Crippen molar-refractivity contribution in [3.63, 3.8) is 0 Å². The summed E-state index contributed by atoms with van der Waals surface area (Å²) < 4.78 is 0. The number of halogens is 1. The zero-order chi connectivity index (χ0) is 10.5. The number of urea groups is 1. The topological polar surface area (TPSA) is 35.6 Å². The summed E-state index contributed by atoms with van der Waals surface area (Å²) >= 11 is 0. The maximum absolute atomic E-state index is 12.1. The van der Waals surface area contributed by atoms with E-state index in [4.69, 9.17) is 0 Å². The van der Waals surface area contributed by atoms with Crippen LogP contribution in [0.3, 0.4) is 0 Å². The van der Waals surface area contributed by atoms with E-state index in [1.807, 2.05) is 9.80 Å². The molecule has 2 heterocycles. The van der Waals surface area contributed by atoms with Gasteiger partial charge in [0.25, 0.3) is 0 Å². The third kappa shape index (κ3) is 3.52. The van der Waals surface area contributed by atoms with Crippen LogP contribution in [0.2, 0.25) is 0 Å². The van der Waals surface area contributed by atoms with E-state index in [-0.39, 0.29) is 18.4 Å². The highest BCUT2D eigenvalue weighted by molar-refractivity contribution is 5.85. The van der Waals surface area contributed by atoms with E-state index in [0.717, 1.165) is 39.3 Å². The molecule has 16 heavy (non-hydrogen) atoms. The van der Waals surface area contributed by atoms with Gasteiger partial charge in [0.1, 0.15) is 0 Å². The molecule has 2 fully saturated rings. The molecule has 0 spiro atoms. The molecule has 0 atom stereocenters. The molecule has 2 saturated heterocycles. The molecule has 0 radical (unpaired) electrons. The molecular formula is C11H22ClN3O. The standard InChI is InChI=1S/C11H21N3O.ClH/c15-11(14-9-5-12-6-10-14)13-7-3-1-2-4-8-13;/h12H,1-10H2;1H. The third-order valence-corrected chi connectivity index (χ3v) is 3.26. The van der Waals surface area contributed by atoms with Crippen LogP contribution in [0.1, 0.15) is 25.7 Å². The second-order valence-corrected chi connectivity index (χ2v) is 4.42. The van der Waals surface area contributed by atoms with Crippen LogP contribution in [0.4, 0.5) is 4.79 Å². The molecule has 0 saturated carbocycles. The van der Waals surface area contributed by atoms with Gasteiger partial charge in [-0.15, -0.1) is 12.4 Å². The number of nitrogens with zero attached hydrogens (tertiary/aromatic N) is 2. The van der Waals surface area contributed by atoms with Crippen LogP contribution in [0.5, 0.6) is 0 Å². The minimum atomic E-state index is 0. The molecule has 0 aromatic heterocycles. The Kier molecular flexibility index (Phi) is 5.91. The van der Waals surface area contributed by atoms with Crippen LogP contribution in [0.25, 0.3) is 0 Å². The first kappa shape index (κ1) is 13.6. The van der Waals surface area contributed by atoms with Gasteiger partial charge in [-0.3, -0.25) is 0 Å². The fraction of sp³-hybridized carbons (Fsp3) is 0.909. The third-order valence-electron chi connectivity index (χ3n) is 3.26. The van der Waals surface area contributed by atoms with E-state index in [9.17, 15) is 4.79 Å². The van der Waals surface area contributed by atoms with Crippen LogP contribution < -0.4 is 5.32 Å². The van der Waals surface area contributed by atoms with Crippen LogP contribution in [0, 0.1) is 0 Å². The predicted molar refractivity (Wildman–Crippen MR) is 67.1 cm³/mol. The van der Waals surface area contributed by atoms with Crippen molar-refractivity contribution in [3.8, 4) is 0 Å². The monoisotopic (exact) mass is 247 g/mol. The molecule has 94 valence electrons. The fourth-order valence-electron chi connectivity index (χ4n) is 2.32. The van der Waals surface area contributed by atoms with E-state index < -0.39 is 0 Å². The minimum absolute atomic E-state index is 0. The van der Waals surface area contributed by atoms with Crippen LogP contribution in [0.15, 0.2) is 0 Å².